The van der Waals surface area contributed by atoms with Crippen molar-refractivity contribution < 1.29 is 28.6 Å². The highest BCUT2D eigenvalue weighted by Gasteiger charge is 2.38. The summed E-state index contributed by atoms with van der Waals surface area (Å²) in [5.41, 5.74) is 0.820. The predicted molar refractivity (Wildman–Crippen MR) is 150 cm³/mol. The van der Waals surface area contributed by atoms with Crippen molar-refractivity contribution >= 4 is 23.6 Å². The topological polar surface area (TPSA) is 90.9 Å². The molecule has 1 fully saturated rings. The molecule has 1 aromatic carbocycles. The molecule has 1 aliphatic heterocycles. The maximum Gasteiger partial charge on any atom is 0.350 e. The Bertz CT molecular complexity index is 868. The van der Waals surface area contributed by atoms with Gasteiger partial charge >= 0.3 is 17.9 Å². The lowest BCUT2D eigenvalue weighted by atomic mass is 10.0. The van der Waals surface area contributed by atoms with Crippen LogP contribution in [0.15, 0.2) is 36.0 Å². The quantitative estimate of drug-likeness (QED) is 0.0844. The second kappa shape index (κ2) is 17.6. The summed E-state index contributed by atoms with van der Waals surface area (Å²) in [4.78, 5) is 36.2. The normalized spacial score (nSPS) is 14.6. The number of hydrogen-bond donors (Lipinski definition) is 1. The lowest BCUT2D eigenvalue weighted by molar-refractivity contribution is -0.222. The molecule has 212 valence electrons. The van der Waals surface area contributed by atoms with E-state index >= 15 is 0 Å². The Morgan fingerprint density at radius 3 is 1.68 bits per heavy atom. The smallest absolute Gasteiger partial charge is 0.350 e. The van der Waals surface area contributed by atoms with Gasteiger partial charge in [-0.1, -0.05) is 96.8 Å². The van der Waals surface area contributed by atoms with Crippen molar-refractivity contribution in [2.75, 3.05) is 11.9 Å². The Kier molecular flexibility index (Phi) is 14.6. The van der Waals surface area contributed by atoms with Gasteiger partial charge in [-0.3, -0.25) is 0 Å². The van der Waals surface area contributed by atoms with Crippen molar-refractivity contribution in [1.29, 1.82) is 0 Å². The van der Waals surface area contributed by atoms with Gasteiger partial charge in [0.15, 0.2) is 5.57 Å². The van der Waals surface area contributed by atoms with E-state index in [1.54, 1.807) is 24.3 Å². The van der Waals surface area contributed by atoms with E-state index in [2.05, 4.69) is 12.2 Å². The van der Waals surface area contributed by atoms with Crippen molar-refractivity contribution in [2.24, 2.45) is 0 Å². The summed E-state index contributed by atoms with van der Waals surface area (Å²) in [6.45, 7) is 5.67. The molecule has 1 heterocycles. The van der Waals surface area contributed by atoms with Gasteiger partial charge in [-0.2, -0.15) is 0 Å². The minimum atomic E-state index is -1.28. The molecular formula is C31H47NO6. The first-order valence-electron chi connectivity index (χ1n) is 14.5. The number of benzene rings is 1. The summed E-state index contributed by atoms with van der Waals surface area (Å²) in [6, 6.07) is 6.61. The molecule has 2 rings (SSSR count). The number of hydrogen-bond acceptors (Lipinski definition) is 7. The first kappa shape index (κ1) is 31.4. The number of esters is 3. The third kappa shape index (κ3) is 12.6. The van der Waals surface area contributed by atoms with Crippen LogP contribution in [0, 0.1) is 0 Å². The molecule has 0 amide bonds. The number of anilines is 1. The summed E-state index contributed by atoms with van der Waals surface area (Å²) in [7, 11) is 0. The highest BCUT2D eigenvalue weighted by molar-refractivity contribution is 6.15. The van der Waals surface area contributed by atoms with Crippen molar-refractivity contribution in [3.8, 4) is 0 Å². The summed E-state index contributed by atoms with van der Waals surface area (Å²) in [6.07, 6.45) is 20.7. The summed E-state index contributed by atoms with van der Waals surface area (Å²) >= 11 is 0. The molecule has 0 saturated carbocycles. The number of ether oxygens (including phenoxy) is 3. The van der Waals surface area contributed by atoms with E-state index in [-0.39, 0.29) is 11.5 Å². The summed E-state index contributed by atoms with van der Waals surface area (Å²) < 4.78 is 15.5. The lowest BCUT2D eigenvalue weighted by Gasteiger charge is -2.29. The molecule has 1 aromatic rings. The number of unbranched alkanes of at least 4 members (excludes halogenated alkanes) is 14. The largest absolute Gasteiger partial charge is 0.462 e. The SMILES string of the molecule is CCCCCCCCCCCCCCCCCOC(=O)c1ccc(NC=C2C(=O)OC(C)(C)OC2=O)cc1. The molecule has 7 heteroatoms. The predicted octanol–water partition coefficient (Wildman–Crippen LogP) is 7.85. The minimum Gasteiger partial charge on any atom is -0.462 e. The van der Waals surface area contributed by atoms with Gasteiger partial charge in [0, 0.05) is 25.7 Å². The average molecular weight is 530 g/mol. The molecule has 0 spiro atoms. The number of carbonyl (C=O) groups excluding carboxylic acids is 3. The van der Waals surface area contributed by atoms with Crippen LogP contribution in [-0.2, 0) is 23.8 Å². The van der Waals surface area contributed by atoms with Crippen molar-refractivity contribution in [2.45, 2.75) is 123 Å². The van der Waals surface area contributed by atoms with Gasteiger partial charge in [-0.25, -0.2) is 14.4 Å². The molecule has 1 saturated heterocycles. The van der Waals surface area contributed by atoms with Crippen LogP contribution in [0.2, 0.25) is 0 Å². The Morgan fingerprint density at radius 1 is 0.763 bits per heavy atom. The number of nitrogens with one attached hydrogen (secondary N) is 1. The molecule has 1 N–H and O–H groups in total. The van der Waals surface area contributed by atoms with Crippen LogP contribution >= 0.6 is 0 Å². The second-order valence-electron chi connectivity index (χ2n) is 10.5. The van der Waals surface area contributed by atoms with Crippen molar-refractivity contribution in [3.05, 3.63) is 41.6 Å². The van der Waals surface area contributed by atoms with Crippen LogP contribution in [0.4, 0.5) is 5.69 Å². The number of carbonyl (C=O) groups is 3. The van der Waals surface area contributed by atoms with Crippen molar-refractivity contribution in [1.82, 2.24) is 0 Å². The van der Waals surface area contributed by atoms with Gasteiger partial charge in [0.1, 0.15) is 0 Å². The first-order valence-corrected chi connectivity index (χ1v) is 14.5. The van der Waals surface area contributed by atoms with E-state index in [4.69, 9.17) is 14.2 Å². The zero-order valence-corrected chi connectivity index (χ0v) is 23.6. The van der Waals surface area contributed by atoms with Gasteiger partial charge in [0.05, 0.1) is 12.2 Å². The Morgan fingerprint density at radius 2 is 1.21 bits per heavy atom. The van der Waals surface area contributed by atoms with Gasteiger partial charge in [0.2, 0.25) is 0 Å². The fourth-order valence-corrected chi connectivity index (χ4v) is 4.36. The maximum absolute atomic E-state index is 12.3. The molecule has 0 radical (unpaired) electrons. The monoisotopic (exact) mass is 529 g/mol. The van der Waals surface area contributed by atoms with Crippen LogP contribution in [0.5, 0.6) is 0 Å². The molecule has 38 heavy (non-hydrogen) atoms. The minimum absolute atomic E-state index is 0.226. The molecule has 7 nitrogen and oxygen atoms in total. The van der Waals surface area contributed by atoms with E-state index in [1.807, 2.05) is 0 Å². The third-order valence-electron chi connectivity index (χ3n) is 6.60. The highest BCUT2D eigenvalue weighted by Crippen LogP contribution is 2.23. The van der Waals surface area contributed by atoms with E-state index in [1.165, 1.54) is 104 Å². The van der Waals surface area contributed by atoms with Crippen molar-refractivity contribution in [3.63, 3.8) is 0 Å². The molecule has 0 aromatic heterocycles. The van der Waals surface area contributed by atoms with Gasteiger partial charge in [0.25, 0.3) is 5.79 Å². The molecule has 0 atom stereocenters. The summed E-state index contributed by atoms with van der Waals surface area (Å²) in [5, 5.41) is 2.85. The fraction of sp³-hybridized carbons (Fsp3) is 0.645. The molecule has 1 aliphatic rings. The second-order valence-corrected chi connectivity index (χ2v) is 10.5. The van der Waals surface area contributed by atoms with E-state index in [9.17, 15) is 14.4 Å². The van der Waals surface area contributed by atoms with Gasteiger partial charge in [-0.15, -0.1) is 0 Å². The third-order valence-corrected chi connectivity index (χ3v) is 6.60. The maximum atomic E-state index is 12.3. The Labute approximate surface area is 228 Å². The van der Waals surface area contributed by atoms with Crippen LogP contribution in [0.25, 0.3) is 0 Å². The van der Waals surface area contributed by atoms with Gasteiger partial charge in [-0.05, 0) is 30.7 Å². The van der Waals surface area contributed by atoms with Crippen LogP contribution < -0.4 is 5.32 Å². The van der Waals surface area contributed by atoms with E-state index in [0.717, 1.165) is 12.8 Å². The molecule has 0 bridgehead atoms. The number of rotatable bonds is 19. The van der Waals surface area contributed by atoms with E-state index in [0.29, 0.717) is 17.9 Å². The van der Waals surface area contributed by atoms with Crippen LogP contribution in [-0.4, -0.2) is 30.3 Å². The van der Waals surface area contributed by atoms with Gasteiger partial charge < -0.3 is 19.5 Å². The zero-order chi connectivity index (χ0) is 27.6. The average Bonchev–Trinajstić information content (AvgIpc) is 2.87. The lowest BCUT2D eigenvalue weighted by Crippen LogP contribution is -2.42. The molecule has 0 unspecified atom stereocenters. The molecular weight excluding hydrogens is 482 g/mol. The van der Waals surface area contributed by atoms with Crippen LogP contribution in [0.3, 0.4) is 0 Å². The van der Waals surface area contributed by atoms with E-state index < -0.39 is 17.7 Å². The summed E-state index contributed by atoms with van der Waals surface area (Å²) in [5.74, 6) is -3.14. The Balaban J connectivity index is 1.50. The van der Waals surface area contributed by atoms with Crippen LogP contribution in [0.1, 0.15) is 127 Å². The first-order chi connectivity index (χ1) is 18.3. The molecule has 0 aliphatic carbocycles. The zero-order valence-electron chi connectivity index (χ0n) is 23.6. The highest BCUT2D eigenvalue weighted by atomic mass is 16.7. The standard InChI is InChI=1S/C31H47NO6/c1-4-5-6-7-8-9-10-11-12-13-14-15-16-17-18-23-36-28(33)25-19-21-26(22-20-25)32-24-27-29(34)37-31(2,3)38-30(27)35/h19-22,24,32H,4-18,23H2,1-3H3. The number of cyclic esters (lactones) is 2. The Hall–Kier alpha value is -2.83. The fourth-order valence-electron chi connectivity index (χ4n) is 4.36.